The van der Waals surface area contributed by atoms with Crippen LogP contribution in [0.4, 0.5) is 4.39 Å². The van der Waals surface area contributed by atoms with Crippen molar-refractivity contribution < 1.29 is 9.18 Å². The predicted molar refractivity (Wildman–Crippen MR) is 74.7 cm³/mol. The lowest BCUT2D eigenvalue weighted by atomic mass is 9.96. The molecule has 1 atom stereocenters. The van der Waals surface area contributed by atoms with E-state index < -0.39 is 0 Å². The van der Waals surface area contributed by atoms with E-state index in [-0.39, 0.29) is 23.7 Å². The summed E-state index contributed by atoms with van der Waals surface area (Å²) in [6.07, 6.45) is 3.19. The number of nitrogens with one attached hydrogen (secondary N) is 1. The zero-order valence-electron chi connectivity index (χ0n) is 11.8. The second-order valence-electron chi connectivity index (χ2n) is 5.15. The Bertz CT molecular complexity index is 589. The second kappa shape index (κ2) is 5.86. The van der Waals surface area contributed by atoms with Gasteiger partial charge in [0.25, 0.3) is 5.91 Å². The monoisotopic (exact) mass is 275 g/mol. The number of hydrogen-bond donors (Lipinski definition) is 1. The first kappa shape index (κ1) is 14.2. The molecule has 0 saturated heterocycles. The summed E-state index contributed by atoms with van der Waals surface area (Å²) < 4.78 is 14.6. The molecule has 0 aliphatic heterocycles. The standard InChI is InChI=1S/C15H18FN3O/c1-10(2)14(11-4-6-13(16)7-5-11)18-15(20)12-8-17-19(3)9-12/h4-10,14H,1-3H3,(H,18,20)/t14-/m0/s1. The highest BCUT2D eigenvalue weighted by Gasteiger charge is 2.19. The fourth-order valence-corrected chi connectivity index (χ4v) is 2.07. The van der Waals surface area contributed by atoms with E-state index in [1.807, 2.05) is 13.8 Å². The maximum Gasteiger partial charge on any atom is 0.254 e. The maximum atomic E-state index is 13.0. The molecule has 1 N–H and O–H groups in total. The number of rotatable bonds is 4. The molecule has 1 aromatic carbocycles. The molecular weight excluding hydrogens is 257 g/mol. The van der Waals surface area contributed by atoms with Crippen molar-refractivity contribution in [3.63, 3.8) is 0 Å². The Morgan fingerprint density at radius 2 is 1.95 bits per heavy atom. The molecule has 0 aliphatic carbocycles. The highest BCUT2D eigenvalue weighted by Crippen LogP contribution is 2.22. The number of halogens is 1. The summed E-state index contributed by atoms with van der Waals surface area (Å²) in [5.74, 6) is -0.267. The zero-order chi connectivity index (χ0) is 14.7. The minimum Gasteiger partial charge on any atom is -0.345 e. The van der Waals surface area contributed by atoms with Crippen LogP contribution in [0, 0.1) is 11.7 Å². The summed E-state index contributed by atoms with van der Waals surface area (Å²) in [7, 11) is 1.76. The van der Waals surface area contributed by atoms with Gasteiger partial charge in [-0.15, -0.1) is 0 Å². The van der Waals surface area contributed by atoms with Crippen LogP contribution in [0.2, 0.25) is 0 Å². The van der Waals surface area contributed by atoms with Crippen molar-refractivity contribution in [2.45, 2.75) is 19.9 Å². The van der Waals surface area contributed by atoms with E-state index in [0.717, 1.165) is 5.56 Å². The molecule has 0 fully saturated rings. The number of amides is 1. The fraction of sp³-hybridized carbons (Fsp3) is 0.333. The SMILES string of the molecule is CC(C)[C@H](NC(=O)c1cnn(C)c1)c1ccc(F)cc1. The van der Waals surface area contributed by atoms with E-state index in [9.17, 15) is 9.18 Å². The third-order valence-corrected chi connectivity index (χ3v) is 3.15. The van der Waals surface area contributed by atoms with Gasteiger partial charge in [0.05, 0.1) is 17.8 Å². The van der Waals surface area contributed by atoms with Crippen LogP contribution in [-0.4, -0.2) is 15.7 Å². The minimum absolute atomic E-state index is 0.164. The Kier molecular flexibility index (Phi) is 4.17. The largest absolute Gasteiger partial charge is 0.345 e. The van der Waals surface area contributed by atoms with Crippen LogP contribution in [-0.2, 0) is 7.05 Å². The molecule has 5 heteroatoms. The van der Waals surface area contributed by atoms with Gasteiger partial charge in [-0.3, -0.25) is 9.48 Å². The summed E-state index contributed by atoms with van der Waals surface area (Å²) >= 11 is 0. The summed E-state index contributed by atoms with van der Waals surface area (Å²) in [6, 6.07) is 6.04. The molecule has 2 aromatic rings. The van der Waals surface area contributed by atoms with Gasteiger partial charge in [-0.05, 0) is 23.6 Å². The second-order valence-corrected chi connectivity index (χ2v) is 5.15. The first-order chi connectivity index (χ1) is 9.47. The number of nitrogens with zero attached hydrogens (tertiary/aromatic N) is 2. The smallest absolute Gasteiger partial charge is 0.254 e. The van der Waals surface area contributed by atoms with Crippen LogP contribution in [0.3, 0.4) is 0 Å². The first-order valence-corrected chi connectivity index (χ1v) is 6.52. The normalized spacial score (nSPS) is 12.4. The van der Waals surface area contributed by atoms with E-state index in [4.69, 9.17) is 0 Å². The summed E-state index contributed by atoms with van der Waals surface area (Å²) in [5.41, 5.74) is 1.40. The molecule has 0 radical (unpaired) electrons. The lowest BCUT2D eigenvalue weighted by Gasteiger charge is -2.22. The molecule has 1 heterocycles. The van der Waals surface area contributed by atoms with Crippen molar-refractivity contribution in [1.29, 1.82) is 0 Å². The van der Waals surface area contributed by atoms with Crippen LogP contribution in [0.5, 0.6) is 0 Å². The number of aryl methyl sites for hydroxylation is 1. The number of hydrogen-bond acceptors (Lipinski definition) is 2. The van der Waals surface area contributed by atoms with Gasteiger partial charge >= 0.3 is 0 Å². The van der Waals surface area contributed by atoms with Crippen molar-refractivity contribution >= 4 is 5.91 Å². The third kappa shape index (κ3) is 3.23. The van der Waals surface area contributed by atoms with Crippen molar-refractivity contribution in [3.8, 4) is 0 Å². The Labute approximate surface area is 117 Å². The molecule has 0 aliphatic rings. The first-order valence-electron chi connectivity index (χ1n) is 6.52. The topological polar surface area (TPSA) is 46.9 Å². The lowest BCUT2D eigenvalue weighted by molar-refractivity contribution is 0.0925. The highest BCUT2D eigenvalue weighted by molar-refractivity contribution is 5.93. The Balaban J connectivity index is 2.17. The Morgan fingerprint density at radius 3 is 2.45 bits per heavy atom. The average molecular weight is 275 g/mol. The lowest BCUT2D eigenvalue weighted by Crippen LogP contribution is -2.31. The summed E-state index contributed by atoms with van der Waals surface area (Å²) in [5, 5.41) is 6.95. The maximum absolute atomic E-state index is 13.0. The van der Waals surface area contributed by atoms with E-state index in [2.05, 4.69) is 10.4 Å². The molecule has 4 nitrogen and oxygen atoms in total. The van der Waals surface area contributed by atoms with E-state index in [1.165, 1.54) is 18.3 Å². The van der Waals surface area contributed by atoms with Gasteiger partial charge < -0.3 is 5.32 Å². The fourth-order valence-electron chi connectivity index (χ4n) is 2.07. The van der Waals surface area contributed by atoms with Crippen molar-refractivity contribution in [2.24, 2.45) is 13.0 Å². The third-order valence-electron chi connectivity index (χ3n) is 3.15. The molecule has 20 heavy (non-hydrogen) atoms. The molecule has 2 rings (SSSR count). The number of aromatic nitrogens is 2. The van der Waals surface area contributed by atoms with Gasteiger partial charge in [-0.1, -0.05) is 26.0 Å². The zero-order valence-corrected chi connectivity index (χ0v) is 11.8. The van der Waals surface area contributed by atoms with Gasteiger partial charge in [-0.25, -0.2) is 4.39 Å². The van der Waals surface area contributed by atoms with Crippen molar-refractivity contribution in [1.82, 2.24) is 15.1 Å². The van der Waals surface area contributed by atoms with Gasteiger partial charge in [-0.2, -0.15) is 5.10 Å². The molecule has 106 valence electrons. The van der Waals surface area contributed by atoms with Crippen molar-refractivity contribution in [2.75, 3.05) is 0 Å². The number of carbonyl (C=O) groups excluding carboxylic acids is 1. The van der Waals surface area contributed by atoms with Crippen LogP contribution in [0.15, 0.2) is 36.7 Å². The summed E-state index contributed by atoms with van der Waals surface area (Å²) in [6.45, 7) is 4.02. The molecular formula is C15H18FN3O. The number of benzene rings is 1. The quantitative estimate of drug-likeness (QED) is 0.932. The minimum atomic E-state index is -0.283. The van der Waals surface area contributed by atoms with Gasteiger partial charge in [0, 0.05) is 13.2 Å². The Hall–Kier alpha value is -2.17. The highest BCUT2D eigenvalue weighted by atomic mass is 19.1. The Morgan fingerprint density at radius 1 is 1.30 bits per heavy atom. The molecule has 1 aromatic heterocycles. The van der Waals surface area contributed by atoms with Gasteiger partial charge in [0.15, 0.2) is 0 Å². The van der Waals surface area contributed by atoms with Gasteiger partial charge in [0.1, 0.15) is 5.82 Å². The summed E-state index contributed by atoms with van der Waals surface area (Å²) in [4.78, 5) is 12.2. The molecule has 0 saturated carbocycles. The van der Waals surface area contributed by atoms with Crippen LogP contribution in [0.1, 0.15) is 35.8 Å². The molecule has 0 bridgehead atoms. The van der Waals surface area contributed by atoms with E-state index in [1.54, 1.807) is 30.1 Å². The van der Waals surface area contributed by atoms with Crippen molar-refractivity contribution in [3.05, 3.63) is 53.6 Å². The predicted octanol–water partition coefficient (Wildman–Crippen LogP) is 2.69. The molecule has 0 spiro atoms. The van der Waals surface area contributed by atoms with E-state index >= 15 is 0 Å². The van der Waals surface area contributed by atoms with Gasteiger partial charge in [0.2, 0.25) is 0 Å². The van der Waals surface area contributed by atoms with Crippen LogP contribution in [0.25, 0.3) is 0 Å². The molecule has 1 amide bonds. The average Bonchev–Trinajstić information content (AvgIpc) is 2.83. The van der Waals surface area contributed by atoms with Crippen LogP contribution < -0.4 is 5.32 Å². The van der Waals surface area contributed by atoms with Crippen LogP contribution >= 0.6 is 0 Å². The molecule has 0 unspecified atom stereocenters. The van der Waals surface area contributed by atoms with E-state index in [0.29, 0.717) is 5.56 Å². The number of carbonyl (C=O) groups is 1.